The molecule has 21 heavy (non-hydrogen) atoms. The van der Waals surface area contributed by atoms with E-state index in [1.54, 1.807) is 30.3 Å². The Morgan fingerprint density at radius 3 is 2.52 bits per heavy atom. The summed E-state index contributed by atoms with van der Waals surface area (Å²) < 4.78 is 25.6. The van der Waals surface area contributed by atoms with E-state index in [4.69, 9.17) is 0 Å². The van der Waals surface area contributed by atoms with Crippen molar-refractivity contribution in [3.05, 3.63) is 63.1 Å². The van der Waals surface area contributed by atoms with Crippen molar-refractivity contribution in [2.45, 2.75) is 5.75 Å². The largest absolute Gasteiger partial charge is 0.327 e. The molecule has 3 aromatic rings. The number of aromatic amines is 2. The van der Waals surface area contributed by atoms with E-state index >= 15 is 0 Å². The van der Waals surface area contributed by atoms with Crippen LogP contribution in [0.15, 0.2) is 46.2 Å². The molecule has 0 aliphatic carbocycles. The fourth-order valence-electron chi connectivity index (χ4n) is 1.98. The summed E-state index contributed by atoms with van der Waals surface area (Å²) in [5.41, 5.74) is -1.20. The van der Waals surface area contributed by atoms with E-state index < -0.39 is 21.3 Å². The fourth-order valence-corrected chi connectivity index (χ4v) is 3.33. The molecule has 8 nitrogen and oxygen atoms in total. The quantitative estimate of drug-likeness (QED) is 0.694. The average Bonchev–Trinajstić information content (AvgIpc) is 2.84. The molecule has 0 saturated heterocycles. The number of aromatic nitrogens is 4. The highest BCUT2D eigenvalue weighted by Gasteiger charge is 2.19. The second kappa shape index (κ2) is 4.70. The van der Waals surface area contributed by atoms with Gasteiger partial charge in [-0.3, -0.25) is 14.8 Å². The molecule has 0 saturated carbocycles. The third-order valence-electron chi connectivity index (χ3n) is 2.90. The topological polar surface area (TPSA) is 118 Å². The fraction of sp³-hybridized carbons (Fsp3) is 0.0833. The van der Waals surface area contributed by atoms with Crippen molar-refractivity contribution in [2.24, 2.45) is 0 Å². The van der Waals surface area contributed by atoms with Gasteiger partial charge in [0.25, 0.3) is 5.56 Å². The zero-order valence-electron chi connectivity index (χ0n) is 10.6. The Balaban J connectivity index is 2.16. The Morgan fingerprint density at radius 1 is 1.10 bits per heavy atom. The highest BCUT2D eigenvalue weighted by Crippen LogP contribution is 2.12. The minimum absolute atomic E-state index is 0.133. The molecule has 0 aliphatic heterocycles. The van der Waals surface area contributed by atoms with E-state index in [0.29, 0.717) is 5.56 Å². The Hall–Kier alpha value is -2.68. The highest BCUT2D eigenvalue weighted by molar-refractivity contribution is 7.89. The molecule has 0 atom stereocenters. The molecule has 9 heteroatoms. The summed E-state index contributed by atoms with van der Waals surface area (Å²) >= 11 is 0. The number of rotatable bonds is 3. The van der Waals surface area contributed by atoms with Gasteiger partial charge >= 0.3 is 5.69 Å². The molecular weight excluding hydrogens is 296 g/mol. The number of imidazole rings is 1. The van der Waals surface area contributed by atoms with Crippen LogP contribution in [0.25, 0.3) is 11.2 Å². The van der Waals surface area contributed by atoms with Crippen LogP contribution in [-0.4, -0.2) is 27.3 Å². The van der Waals surface area contributed by atoms with Crippen LogP contribution in [0.3, 0.4) is 0 Å². The van der Waals surface area contributed by atoms with Crippen molar-refractivity contribution in [1.82, 2.24) is 18.9 Å². The van der Waals surface area contributed by atoms with Crippen molar-refractivity contribution >= 4 is 21.2 Å². The molecule has 3 rings (SSSR count). The van der Waals surface area contributed by atoms with Crippen molar-refractivity contribution < 1.29 is 8.42 Å². The molecule has 0 amide bonds. The molecule has 0 radical (unpaired) electrons. The average molecular weight is 306 g/mol. The lowest BCUT2D eigenvalue weighted by molar-refractivity contribution is 0.587. The molecule has 0 bridgehead atoms. The molecule has 2 heterocycles. The van der Waals surface area contributed by atoms with Gasteiger partial charge in [0.15, 0.2) is 11.2 Å². The molecule has 0 spiro atoms. The monoisotopic (exact) mass is 306 g/mol. The van der Waals surface area contributed by atoms with Gasteiger partial charge in [-0.25, -0.2) is 22.2 Å². The number of benzene rings is 1. The van der Waals surface area contributed by atoms with Gasteiger partial charge in [-0.05, 0) is 5.56 Å². The summed E-state index contributed by atoms with van der Waals surface area (Å²) in [5.74, 6) is -0.270. The predicted octanol–water partition coefficient (Wildman–Crippen LogP) is -0.209. The van der Waals surface area contributed by atoms with E-state index in [-0.39, 0.29) is 16.9 Å². The molecule has 0 unspecified atom stereocenters. The predicted molar refractivity (Wildman–Crippen MR) is 75.4 cm³/mol. The Morgan fingerprint density at radius 2 is 1.81 bits per heavy atom. The summed E-state index contributed by atoms with van der Waals surface area (Å²) in [6.07, 6.45) is 1.01. The zero-order chi connectivity index (χ0) is 15.0. The lowest BCUT2D eigenvalue weighted by Gasteiger charge is -2.06. The Bertz CT molecular complexity index is 1010. The van der Waals surface area contributed by atoms with Crippen LogP contribution in [0.1, 0.15) is 5.56 Å². The number of nitrogens with zero attached hydrogens (tertiary/aromatic N) is 2. The van der Waals surface area contributed by atoms with Crippen LogP contribution in [0.2, 0.25) is 0 Å². The van der Waals surface area contributed by atoms with Gasteiger partial charge in [0.2, 0.25) is 10.0 Å². The number of nitrogens with one attached hydrogen (secondary N) is 2. The van der Waals surface area contributed by atoms with Crippen LogP contribution in [0, 0.1) is 0 Å². The maximum atomic E-state index is 12.4. The maximum Gasteiger partial charge on any atom is 0.327 e. The SMILES string of the molecule is O=c1[nH]c(=O)c2ncn(S(=O)(=O)Cc3ccccc3)c2[nH]1. The van der Waals surface area contributed by atoms with Gasteiger partial charge in [-0.2, -0.15) is 0 Å². The highest BCUT2D eigenvalue weighted by atomic mass is 32.2. The normalized spacial score (nSPS) is 11.8. The first kappa shape index (κ1) is 13.3. The summed E-state index contributed by atoms with van der Waals surface area (Å²) in [7, 11) is -3.80. The third-order valence-corrected chi connectivity index (χ3v) is 4.48. The van der Waals surface area contributed by atoms with Gasteiger partial charge < -0.3 is 0 Å². The molecule has 1 aromatic carbocycles. The van der Waals surface area contributed by atoms with E-state index in [1.165, 1.54) is 0 Å². The molecular formula is C12H10N4O4S. The van der Waals surface area contributed by atoms with Crippen molar-refractivity contribution in [3.63, 3.8) is 0 Å². The van der Waals surface area contributed by atoms with E-state index in [2.05, 4.69) is 9.97 Å². The van der Waals surface area contributed by atoms with Gasteiger partial charge in [0.1, 0.15) is 6.33 Å². The molecule has 2 aromatic heterocycles. The second-order valence-electron chi connectivity index (χ2n) is 4.39. The summed E-state index contributed by atoms with van der Waals surface area (Å²) in [4.78, 5) is 30.9. The zero-order valence-corrected chi connectivity index (χ0v) is 11.4. The lowest BCUT2D eigenvalue weighted by Crippen LogP contribution is -2.24. The summed E-state index contributed by atoms with van der Waals surface area (Å²) in [6, 6.07) is 8.57. The number of hydrogen-bond donors (Lipinski definition) is 2. The van der Waals surface area contributed by atoms with Crippen LogP contribution < -0.4 is 11.2 Å². The van der Waals surface area contributed by atoms with Crippen LogP contribution in [-0.2, 0) is 15.8 Å². The Labute approximate surface area is 118 Å². The molecule has 0 fully saturated rings. The summed E-state index contributed by atoms with van der Waals surface area (Å²) in [5, 5.41) is 0. The standard InChI is InChI=1S/C12H10N4O4S/c17-11-9-10(14-12(18)15-11)16(7-13-9)21(19,20)6-8-4-2-1-3-5-8/h1-5,7H,6H2,(H2,14,15,17,18). The number of H-pyrrole nitrogens is 2. The first-order valence-corrected chi connectivity index (χ1v) is 7.55. The first-order chi connectivity index (χ1) is 9.97. The minimum Gasteiger partial charge on any atom is -0.291 e. The van der Waals surface area contributed by atoms with Crippen molar-refractivity contribution in [2.75, 3.05) is 0 Å². The van der Waals surface area contributed by atoms with Crippen molar-refractivity contribution in [1.29, 1.82) is 0 Å². The van der Waals surface area contributed by atoms with Crippen molar-refractivity contribution in [3.8, 4) is 0 Å². The molecule has 2 N–H and O–H groups in total. The minimum atomic E-state index is -3.80. The van der Waals surface area contributed by atoms with E-state index in [0.717, 1.165) is 10.3 Å². The number of fused-ring (bicyclic) bond motifs is 1. The lowest BCUT2D eigenvalue weighted by atomic mass is 10.2. The van der Waals surface area contributed by atoms with Crippen LogP contribution in [0.5, 0.6) is 0 Å². The van der Waals surface area contributed by atoms with Gasteiger partial charge in [0.05, 0.1) is 5.75 Å². The van der Waals surface area contributed by atoms with E-state index in [1.807, 2.05) is 4.98 Å². The van der Waals surface area contributed by atoms with E-state index in [9.17, 15) is 18.0 Å². The van der Waals surface area contributed by atoms with Crippen LogP contribution >= 0.6 is 0 Å². The second-order valence-corrected chi connectivity index (χ2v) is 6.23. The molecule has 108 valence electrons. The maximum absolute atomic E-state index is 12.4. The first-order valence-electron chi connectivity index (χ1n) is 5.94. The number of hydrogen-bond acceptors (Lipinski definition) is 5. The third kappa shape index (κ3) is 2.38. The van der Waals surface area contributed by atoms with Gasteiger partial charge in [-0.1, -0.05) is 30.3 Å². The summed E-state index contributed by atoms with van der Waals surface area (Å²) in [6.45, 7) is 0. The Kier molecular flexibility index (Phi) is 2.98. The van der Waals surface area contributed by atoms with Crippen LogP contribution in [0.4, 0.5) is 0 Å². The van der Waals surface area contributed by atoms with Gasteiger partial charge in [0, 0.05) is 0 Å². The molecule has 0 aliphatic rings. The smallest absolute Gasteiger partial charge is 0.291 e. The van der Waals surface area contributed by atoms with Gasteiger partial charge in [-0.15, -0.1) is 0 Å².